The lowest BCUT2D eigenvalue weighted by molar-refractivity contribution is 0.427. The van der Waals surface area contributed by atoms with Crippen LogP contribution in [0.1, 0.15) is 70.7 Å². The summed E-state index contributed by atoms with van der Waals surface area (Å²) in [5.41, 5.74) is 3.60. The molecule has 0 amide bonds. The topological polar surface area (TPSA) is 64.5 Å². The van der Waals surface area contributed by atoms with Crippen LogP contribution in [0, 0.1) is 0 Å². The van der Waals surface area contributed by atoms with E-state index in [0.29, 0.717) is 24.6 Å². The smallest absolute Gasteiger partial charge is 0.123 e. The Labute approximate surface area is 176 Å². The molecule has 29 heavy (non-hydrogen) atoms. The Morgan fingerprint density at radius 3 is 1.66 bits per heavy atom. The standard InChI is InChI=1S/C25H38N2O2/c1-17(27-16-19-11-9-13-21(23(19)29)25(5,6)7)14-26-15-18-10-8-12-20(22(18)28)24(2,3)4/h8-13,17,26-29H,14-16H2,1-7H3. The van der Waals surface area contributed by atoms with Crippen molar-refractivity contribution in [2.24, 2.45) is 0 Å². The van der Waals surface area contributed by atoms with Crippen LogP contribution in [0.25, 0.3) is 0 Å². The third kappa shape index (κ3) is 6.22. The molecule has 1 atom stereocenters. The molecule has 4 nitrogen and oxygen atoms in total. The van der Waals surface area contributed by atoms with Crippen molar-refractivity contribution in [2.45, 2.75) is 78.4 Å². The monoisotopic (exact) mass is 398 g/mol. The number of para-hydroxylation sites is 2. The number of benzene rings is 2. The Balaban J connectivity index is 1.90. The zero-order valence-electron chi connectivity index (χ0n) is 19.1. The summed E-state index contributed by atoms with van der Waals surface area (Å²) in [5, 5.41) is 28.1. The number of phenols is 2. The first-order chi connectivity index (χ1) is 13.4. The number of nitrogens with one attached hydrogen (secondary N) is 2. The van der Waals surface area contributed by atoms with E-state index in [-0.39, 0.29) is 16.9 Å². The van der Waals surface area contributed by atoms with Gasteiger partial charge in [0.25, 0.3) is 0 Å². The normalized spacial score (nSPS) is 13.5. The first kappa shape index (κ1) is 23.2. The molecular weight excluding hydrogens is 360 g/mol. The van der Waals surface area contributed by atoms with Crippen LogP contribution in [-0.4, -0.2) is 22.8 Å². The minimum atomic E-state index is -0.0864. The number of hydrogen-bond donors (Lipinski definition) is 4. The summed E-state index contributed by atoms with van der Waals surface area (Å²) in [4.78, 5) is 0. The van der Waals surface area contributed by atoms with Gasteiger partial charge in [-0.2, -0.15) is 0 Å². The summed E-state index contributed by atoms with van der Waals surface area (Å²) >= 11 is 0. The van der Waals surface area contributed by atoms with Crippen LogP contribution in [0.2, 0.25) is 0 Å². The predicted molar refractivity (Wildman–Crippen MR) is 122 cm³/mol. The second-order valence-corrected chi connectivity index (χ2v) is 10.0. The summed E-state index contributed by atoms with van der Waals surface area (Å²) < 4.78 is 0. The molecule has 0 fully saturated rings. The van der Waals surface area contributed by atoms with Gasteiger partial charge in [-0.1, -0.05) is 77.9 Å². The molecule has 4 heteroatoms. The van der Waals surface area contributed by atoms with E-state index in [4.69, 9.17) is 0 Å². The second-order valence-electron chi connectivity index (χ2n) is 10.0. The van der Waals surface area contributed by atoms with E-state index < -0.39 is 0 Å². The van der Waals surface area contributed by atoms with Crippen molar-refractivity contribution in [1.82, 2.24) is 10.6 Å². The van der Waals surface area contributed by atoms with E-state index in [1.54, 1.807) is 0 Å². The van der Waals surface area contributed by atoms with Crippen molar-refractivity contribution in [2.75, 3.05) is 6.54 Å². The van der Waals surface area contributed by atoms with E-state index in [0.717, 1.165) is 28.8 Å². The largest absolute Gasteiger partial charge is 0.507 e. The lowest BCUT2D eigenvalue weighted by atomic mass is 9.85. The molecule has 0 bridgehead atoms. The molecule has 1 unspecified atom stereocenters. The van der Waals surface area contributed by atoms with Crippen LogP contribution in [-0.2, 0) is 23.9 Å². The van der Waals surface area contributed by atoms with Crippen LogP contribution in [0.5, 0.6) is 11.5 Å². The SMILES string of the molecule is CC(CNCc1cccc(C(C)(C)C)c1O)NCc1cccc(C(C)(C)C)c1O. The second kappa shape index (κ2) is 9.19. The highest BCUT2D eigenvalue weighted by molar-refractivity contribution is 5.44. The van der Waals surface area contributed by atoms with Crippen molar-refractivity contribution >= 4 is 0 Å². The molecule has 0 spiro atoms. The molecule has 4 N–H and O–H groups in total. The van der Waals surface area contributed by atoms with E-state index in [1.807, 2.05) is 36.4 Å². The summed E-state index contributed by atoms with van der Waals surface area (Å²) in [7, 11) is 0. The van der Waals surface area contributed by atoms with Gasteiger partial charge in [-0.3, -0.25) is 0 Å². The Morgan fingerprint density at radius 2 is 1.21 bits per heavy atom. The molecule has 0 aliphatic heterocycles. The van der Waals surface area contributed by atoms with Crippen molar-refractivity contribution in [3.05, 3.63) is 58.7 Å². The maximum Gasteiger partial charge on any atom is 0.123 e. The van der Waals surface area contributed by atoms with Crippen LogP contribution >= 0.6 is 0 Å². The molecule has 0 saturated heterocycles. The van der Waals surface area contributed by atoms with E-state index in [2.05, 4.69) is 59.1 Å². The highest BCUT2D eigenvalue weighted by Gasteiger charge is 2.20. The molecule has 0 saturated carbocycles. The Morgan fingerprint density at radius 1 is 0.759 bits per heavy atom. The van der Waals surface area contributed by atoms with Crippen LogP contribution in [0.3, 0.4) is 0 Å². The molecule has 0 radical (unpaired) electrons. The van der Waals surface area contributed by atoms with Gasteiger partial charge in [-0.25, -0.2) is 0 Å². The predicted octanol–water partition coefficient (Wildman–Crippen LogP) is 4.96. The van der Waals surface area contributed by atoms with Gasteiger partial charge in [0.1, 0.15) is 11.5 Å². The van der Waals surface area contributed by atoms with Gasteiger partial charge in [0.15, 0.2) is 0 Å². The third-order valence-electron chi connectivity index (χ3n) is 5.26. The van der Waals surface area contributed by atoms with Gasteiger partial charge in [0.2, 0.25) is 0 Å². The maximum absolute atomic E-state index is 10.6. The Hall–Kier alpha value is -2.04. The quantitative estimate of drug-likeness (QED) is 0.532. The molecule has 0 heterocycles. The molecule has 2 aromatic carbocycles. The van der Waals surface area contributed by atoms with Crippen LogP contribution in [0.4, 0.5) is 0 Å². The van der Waals surface area contributed by atoms with Gasteiger partial charge in [0.05, 0.1) is 0 Å². The highest BCUT2D eigenvalue weighted by Crippen LogP contribution is 2.34. The average Bonchev–Trinajstić information content (AvgIpc) is 2.60. The molecule has 0 aliphatic rings. The lowest BCUT2D eigenvalue weighted by Crippen LogP contribution is -2.35. The molecule has 2 rings (SSSR count). The lowest BCUT2D eigenvalue weighted by Gasteiger charge is -2.23. The molecule has 160 valence electrons. The van der Waals surface area contributed by atoms with Crippen molar-refractivity contribution < 1.29 is 10.2 Å². The van der Waals surface area contributed by atoms with Gasteiger partial charge in [-0.05, 0) is 28.9 Å². The average molecular weight is 399 g/mol. The third-order valence-corrected chi connectivity index (χ3v) is 5.26. The molecule has 0 aromatic heterocycles. The Kier molecular flexibility index (Phi) is 7.36. The van der Waals surface area contributed by atoms with Gasteiger partial charge in [-0.15, -0.1) is 0 Å². The number of phenolic OH excluding ortho intramolecular Hbond substituents is 2. The van der Waals surface area contributed by atoms with E-state index in [9.17, 15) is 10.2 Å². The minimum absolute atomic E-state index is 0.0848. The molecular formula is C25H38N2O2. The Bertz CT molecular complexity index is 817. The fourth-order valence-electron chi connectivity index (χ4n) is 3.46. The van der Waals surface area contributed by atoms with Crippen molar-refractivity contribution in [3.63, 3.8) is 0 Å². The minimum Gasteiger partial charge on any atom is -0.507 e. The maximum atomic E-state index is 10.6. The number of aromatic hydroxyl groups is 2. The summed E-state index contributed by atoms with van der Waals surface area (Å²) in [6.45, 7) is 16.7. The summed E-state index contributed by atoms with van der Waals surface area (Å²) in [6.07, 6.45) is 0. The zero-order valence-corrected chi connectivity index (χ0v) is 19.1. The van der Waals surface area contributed by atoms with Crippen molar-refractivity contribution in [3.8, 4) is 11.5 Å². The summed E-state index contributed by atoms with van der Waals surface area (Å²) in [6, 6.07) is 12.1. The molecule has 2 aromatic rings. The summed E-state index contributed by atoms with van der Waals surface area (Å²) in [5.74, 6) is 0.772. The van der Waals surface area contributed by atoms with Crippen LogP contribution in [0.15, 0.2) is 36.4 Å². The van der Waals surface area contributed by atoms with Gasteiger partial charge in [0, 0.05) is 36.8 Å². The van der Waals surface area contributed by atoms with Crippen molar-refractivity contribution in [1.29, 1.82) is 0 Å². The highest BCUT2D eigenvalue weighted by atomic mass is 16.3. The number of hydrogen-bond acceptors (Lipinski definition) is 4. The van der Waals surface area contributed by atoms with Gasteiger partial charge < -0.3 is 20.8 Å². The zero-order chi connectivity index (χ0) is 21.8. The fourth-order valence-corrected chi connectivity index (χ4v) is 3.46. The van der Waals surface area contributed by atoms with E-state index >= 15 is 0 Å². The molecule has 0 aliphatic carbocycles. The van der Waals surface area contributed by atoms with Crippen LogP contribution < -0.4 is 10.6 Å². The first-order valence-electron chi connectivity index (χ1n) is 10.5. The fraction of sp³-hybridized carbons (Fsp3) is 0.520. The number of rotatable bonds is 7. The van der Waals surface area contributed by atoms with Gasteiger partial charge >= 0.3 is 0 Å². The van der Waals surface area contributed by atoms with E-state index in [1.165, 1.54) is 0 Å². The first-order valence-corrected chi connectivity index (χ1v) is 10.5.